The van der Waals surface area contributed by atoms with E-state index in [9.17, 15) is 0 Å². The van der Waals surface area contributed by atoms with Gasteiger partial charge in [-0.2, -0.15) is 9.61 Å². The molecule has 2 aromatic heterocycles. The summed E-state index contributed by atoms with van der Waals surface area (Å²) in [6.45, 7) is 0. The number of rotatable bonds is 3. The fourth-order valence-electron chi connectivity index (χ4n) is 1.92. The van der Waals surface area contributed by atoms with Gasteiger partial charge in [-0.25, -0.2) is 0 Å². The van der Waals surface area contributed by atoms with Crippen LogP contribution >= 0.6 is 11.6 Å². The molecule has 2 heterocycles. The molecule has 0 atom stereocenters. The Morgan fingerprint density at radius 1 is 1.05 bits per heavy atom. The number of halogens is 1. The number of methoxy groups -OCH3 is 2. The van der Waals surface area contributed by atoms with Crippen molar-refractivity contribution in [3.63, 3.8) is 0 Å². The van der Waals surface area contributed by atoms with Crippen LogP contribution in [0.2, 0.25) is 5.15 Å². The summed E-state index contributed by atoms with van der Waals surface area (Å²) in [6.07, 6.45) is 0. The second-order valence-corrected chi connectivity index (χ2v) is 4.40. The van der Waals surface area contributed by atoms with E-state index in [1.807, 2.05) is 12.1 Å². The molecule has 6 nitrogen and oxygen atoms in total. The summed E-state index contributed by atoms with van der Waals surface area (Å²) in [4.78, 5) is 0. The Morgan fingerprint density at radius 2 is 1.90 bits per heavy atom. The molecule has 1 aromatic carbocycles. The van der Waals surface area contributed by atoms with Crippen LogP contribution < -0.4 is 9.47 Å². The van der Waals surface area contributed by atoms with Gasteiger partial charge in [0.1, 0.15) is 16.7 Å². The van der Waals surface area contributed by atoms with Crippen LogP contribution in [-0.2, 0) is 0 Å². The van der Waals surface area contributed by atoms with Crippen molar-refractivity contribution in [2.45, 2.75) is 0 Å². The minimum atomic E-state index is 0.361. The second kappa shape index (κ2) is 4.97. The van der Waals surface area contributed by atoms with Crippen molar-refractivity contribution in [3.05, 3.63) is 35.5 Å². The molecule has 102 valence electrons. The summed E-state index contributed by atoms with van der Waals surface area (Å²) in [6, 6.07) is 8.85. The molecule has 0 N–H and O–H groups in total. The Bertz CT molecular complexity index is 772. The molecule has 0 aliphatic carbocycles. The first-order chi connectivity index (χ1) is 9.72. The van der Waals surface area contributed by atoms with Crippen molar-refractivity contribution >= 4 is 17.2 Å². The predicted octanol–water partition coefficient (Wildman–Crippen LogP) is 2.46. The van der Waals surface area contributed by atoms with Crippen molar-refractivity contribution in [3.8, 4) is 22.9 Å². The SMILES string of the molecule is COc1ccc(OC)c(-c2nnc3ccc(Cl)nn23)c1. The maximum absolute atomic E-state index is 5.92. The van der Waals surface area contributed by atoms with Crippen LogP contribution in [0.4, 0.5) is 0 Å². The molecule has 0 bridgehead atoms. The molecule has 0 aliphatic rings. The minimum Gasteiger partial charge on any atom is -0.497 e. The van der Waals surface area contributed by atoms with Crippen molar-refractivity contribution in [2.75, 3.05) is 14.2 Å². The van der Waals surface area contributed by atoms with E-state index < -0.39 is 0 Å². The van der Waals surface area contributed by atoms with Gasteiger partial charge in [0.05, 0.1) is 19.8 Å². The van der Waals surface area contributed by atoms with Gasteiger partial charge in [-0.3, -0.25) is 0 Å². The van der Waals surface area contributed by atoms with Crippen LogP contribution in [0.1, 0.15) is 0 Å². The molecule has 7 heteroatoms. The number of benzene rings is 1. The third-order valence-corrected chi connectivity index (χ3v) is 3.08. The number of nitrogens with zero attached hydrogens (tertiary/aromatic N) is 4. The zero-order valence-corrected chi connectivity index (χ0v) is 11.6. The molecule has 0 spiro atoms. The lowest BCUT2D eigenvalue weighted by molar-refractivity contribution is 0.404. The van der Waals surface area contributed by atoms with E-state index in [1.54, 1.807) is 36.9 Å². The van der Waals surface area contributed by atoms with E-state index in [0.29, 0.717) is 28.1 Å². The van der Waals surface area contributed by atoms with E-state index in [4.69, 9.17) is 21.1 Å². The molecule has 3 aromatic rings. The van der Waals surface area contributed by atoms with E-state index in [1.165, 1.54) is 0 Å². The Labute approximate surface area is 119 Å². The Kier molecular flexibility index (Phi) is 3.15. The van der Waals surface area contributed by atoms with Gasteiger partial charge in [0.15, 0.2) is 11.5 Å². The summed E-state index contributed by atoms with van der Waals surface area (Å²) >= 11 is 5.92. The largest absolute Gasteiger partial charge is 0.497 e. The second-order valence-electron chi connectivity index (χ2n) is 4.02. The number of fused-ring (bicyclic) bond motifs is 1. The third-order valence-electron chi connectivity index (χ3n) is 2.88. The van der Waals surface area contributed by atoms with Crippen LogP contribution in [0.3, 0.4) is 0 Å². The van der Waals surface area contributed by atoms with Crippen LogP contribution in [0.5, 0.6) is 11.5 Å². The van der Waals surface area contributed by atoms with Gasteiger partial charge in [0.25, 0.3) is 0 Å². The maximum Gasteiger partial charge on any atom is 0.189 e. The fraction of sp³-hybridized carbons (Fsp3) is 0.154. The third kappa shape index (κ3) is 2.04. The van der Waals surface area contributed by atoms with Gasteiger partial charge >= 0.3 is 0 Å². The summed E-state index contributed by atoms with van der Waals surface area (Å²) in [5.74, 6) is 1.89. The number of ether oxygens (including phenoxy) is 2. The van der Waals surface area contributed by atoms with Gasteiger partial charge in [-0.1, -0.05) is 11.6 Å². The highest BCUT2D eigenvalue weighted by Gasteiger charge is 2.15. The van der Waals surface area contributed by atoms with Crippen molar-refractivity contribution < 1.29 is 9.47 Å². The first kappa shape index (κ1) is 12.7. The van der Waals surface area contributed by atoms with Crippen LogP contribution in [0.15, 0.2) is 30.3 Å². The van der Waals surface area contributed by atoms with Crippen molar-refractivity contribution in [1.82, 2.24) is 19.8 Å². The molecule has 20 heavy (non-hydrogen) atoms. The van der Waals surface area contributed by atoms with E-state index in [-0.39, 0.29) is 0 Å². The molecule has 0 fully saturated rings. The average Bonchev–Trinajstić information content (AvgIpc) is 2.89. The summed E-state index contributed by atoms with van der Waals surface area (Å²) in [5.41, 5.74) is 1.34. The Hall–Kier alpha value is -2.34. The normalized spacial score (nSPS) is 10.8. The zero-order chi connectivity index (χ0) is 14.1. The molecular weight excluding hydrogens is 280 g/mol. The highest BCUT2D eigenvalue weighted by atomic mass is 35.5. The van der Waals surface area contributed by atoms with Crippen LogP contribution in [0.25, 0.3) is 17.0 Å². The smallest absolute Gasteiger partial charge is 0.189 e. The van der Waals surface area contributed by atoms with E-state index in [0.717, 1.165) is 5.56 Å². The Morgan fingerprint density at radius 3 is 2.65 bits per heavy atom. The molecule has 0 aliphatic heterocycles. The van der Waals surface area contributed by atoms with Gasteiger partial charge in [0.2, 0.25) is 0 Å². The lowest BCUT2D eigenvalue weighted by Crippen LogP contribution is -1.97. The van der Waals surface area contributed by atoms with Gasteiger partial charge in [-0.05, 0) is 30.3 Å². The van der Waals surface area contributed by atoms with E-state index >= 15 is 0 Å². The number of hydrogen-bond acceptors (Lipinski definition) is 5. The van der Waals surface area contributed by atoms with Gasteiger partial charge < -0.3 is 9.47 Å². The monoisotopic (exact) mass is 290 g/mol. The van der Waals surface area contributed by atoms with Crippen LogP contribution in [0, 0.1) is 0 Å². The predicted molar refractivity (Wildman–Crippen MR) is 74.3 cm³/mol. The lowest BCUT2D eigenvalue weighted by atomic mass is 10.2. The topological polar surface area (TPSA) is 61.5 Å². The zero-order valence-electron chi connectivity index (χ0n) is 10.9. The van der Waals surface area contributed by atoms with Crippen molar-refractivity contribution in [1.29, 1.82) is 0 Å². The molecule has 0 radical (unpaired) electrons. The summed E-state index contributed by atoms with van der Waals surface area (Å²) in [7, 11) is 3.19. The first-order valence-corrected chi connectivity index (χ1v) is 6.21. The van der Waals surface area contributed by atoms with Crippen molar-refractivity contribution in [2.24, 2.45) is 0 Å². The average molecular weight is 291 g/mol. The molecule has 0 unspecified atom stereocenters. The summed E-state index contributed by atoms with van der Waals surface area (Å²) in [5, 5.41) is 12.8. The van der Waals surface area contributed by atoms with Crippen LogP contribution in [-0.4, -0.2) is 34.0 Å². The maximum atomic E-state index is 5.92. The van der Waals surface area contributed by atoms with Gasteiger partial charge in [-0.15, -0.1) is 10.2 Å². The number of aromatic nitrogens is 4. The lowest BCUT2D eigenvalue weighted by Gasteiger charge is -2.08. The number of hydrogen-bond donors (Lipinski definition) is 0. The van der Waals surface area contributed by atoms with Gasteiger partial charge in [0, 0.05) is 0 Å². The quantitative estimate of drug-likeness (QED) is 0.741. The molecule has 3 rings (SSSR count). The highest BCUT2D eigenvalue weighted by molar-refractivity contribution is 6.29. The molecule has 0 saturated carbocycles. The molecule has 0 amide bonds. The Balaban J connectivity index is 2.26. The molecule has 0 saturated heterocycles. The first-order valence-electron chi connectivity index (χ1n) is 5.83. The minimum absolute atomic E-state index is 0.361. The van der Waals surface area contributed by atoms with E-state index in [2.05, 4.69) is 15.3 Å². The highest BCUT2D eigenvalue weighted by Crippen LogP contribution is 2.32. The molecular formula is C13H11ClN4O2. The standard InChI is InChI=1S/C13H11ClN4O2/c1-19-8-3-4-10(20-2)9(7-8)13-16-15-12-6-5-11(14)17-18(12)13/h3-7H,1-2H3. The fourth-order valence-corrected chi connectivity index (χ4v) is 2.06. The summed E-state index contributed by atoms with van der Waals surface area (Å²) < 4.78 is 12.1.